The number of hydrogen-bond donors (Lipinski definition) is 11. The van der Waals surface area contributed by atoms with Crippen LogP contribution in [0.3, 0.4) is 0 Å². The molecule has 3 heterocycles. The first-order chi connectivity index (χ1) is 35.5. The highest BCUT2D eigenvalue weighted by Gasteiger charge is 2.54. The molecule has 22 nitrogen and oxygen atoms in total. The Kier molecular flexibility index (Phi) is 25.6. The molecule has 15 atom stereocenters. The highest BCUT2D eigenvalue weighted by Crippen LogP contribution is 2.33. The Balaban J connectivity index is 0.919. The number of amides is 2. The minimum Gasteiger partial charge on any atom is -0.486 e. The average molecular weight is 1050 g/mol. The van der Waals surface area contributed by atoms with E-state index < -0.39 is 118 Å². The van der Waals surface area contributed by atoms with E-state index in [0.29, 0.717) is 44.3 Å². The molecule has 2 amide bonds. The summed E-state index contributed by atoms with van der Waals surface area (Å²) in [6.45, 7) is 1.10. The standard InChI is InChI=1S/C52H78N2O20/c1-30-13-11-14-33(25-30)32-19-21-36(22-20-32)69-29-35(60)17-9-4-3-7-15-34(59)16-8-5-6-10-18-40(61)53-23-12-24-68-50-41(54-31(2)58)44(64)48(39(28-57)72-50)73-52-47(67)49(43(63)38(27-56)71-52)74-51-46(66)45(65)42(62)37(26-55)70-51/h11,13-14,19-22,25,37-39,41-52,55-57,62-67H,3-10,12,15-18,23-24,26-29H2,1-2H3,(H,53,61)(H,54,58)/t37?,38?,39?,41?,42-,43-,44+,45-,46?,47?,48+,49-,50+,51+,52-/m0/s1. The van der Waals surface area contributed by atoms with Crippen molar-refractivity contribution in [3.63, 3.8) is 0 Å². The van der Waals surface area contributed by atoms with E-state index in [0.717, 1.165) is 56.1 Å². The Morgan fingerprint density at radius 1 is 0.568 bits per heavy atom. The Hall–Kier alpha value is -4.08. The van der Waals surface area contributed by atoms with Crippen LogP contribution in [-0.2, 0) is 47.6 Å². The molecule has 3 fully saturated rings. The molecular weight excluding hydrogens is 973 g/mol. The minimum absolute atomic E-state index is 0.00983. The van der Waals surface area contributed by atoms with Crippen molar-refractivity contribution in [2.45, 2.75) is 189 Å². The molecule has 3 saturated heterocycles. The van der Waals surface area contributed by atoms with Gasteiger partial charge < -0.3 is 89.8 Å². The van der Waals surface area contributed by atoms with E-state index in [1.165, 1.54) is 12.5 Å². The fourth-order valence-electron chi connectivity index (χ4n) is 9.06. The molecule has 416 valence electrons. The van der Waals surface area contributed by atoms with Gasteiger partial charge in [-0.3, -0.25) is 19.2 Å². The van der Waals surface area contributed by atoms with Crippen LogP contribution >= 0.6 is 0 Å². The Morgan fingerprint density at radius 3 is 1.74 bits per heavy atom. The molecule has 0 radical (unpaired) electrons. The van der Waals surface area contributed by atoms with Gasteiger partial charge in [0.05, 0.1) is 26.4 Å². The van der Waals surface area contributed by atoms with Crippen LogP contribution in [0.15, 0.2) is 48.5 Å². The first-order valence-corrected chi connectivity index (χ1v) is 25.7. The van der Waals surface area contributed by atoms with Crippen LogP contribution in [0.5, 0.6) is 5.75 Å². The van der Waals surface area contributed by atoms with Crippen molar-refractivity contribution in [2.24, 2.45) is 0 Å². The van der Waals surface area contributed by atoms with Crippen LogP contribution in [0.2, 0.25) is 0 Å². The van der Waals surface area contributed by atoms with Gasteiger partial charge in [0.15, 0.2) is 24.7 Å². The monoisotopic (exact) mass is 1050 g/mol. The fraction of sp³-hybridized carbons (Fsp3) is 0.692. The van der Waals surface area contributed by atoms with E-state index in [2.05, 4.69) is 35.8 Å². The number of carbonyl (C=O) groups is 4. The number of Topliss-reactive ketones (excluding diaryl/α,β-unsaturated/α-hetero) is 2. The largest absolute Gasteiger partial charge is 0.486 e. The number of carbonyl (C=O) groups excluding carboxylic acids is 4. The number of ether oxygens (including phenoxy) is 7. The van der Waals surface area contributed by atoms with Gasteiger partial charge in [-0.15, -0.1) is 0 Å². The van der Waals surface area contributed by atoms with Crippen LogP contribution in [0, 0.1) is 6.92 Å². The number of benzene rings is 2. The molecule has 74 heavy (non-hydrogen) atoms. The third kappa shape index (κ3) is 18.3. The number of ketones is 2. The van der Waals surface area contributed by atoms with Crippen LogP contribution in [0.1, 0.15) is 96.0 Å². The molecule has 0 aromatic heterocycles. The SMILES string of the molecule is CC(=O)NC1[C@H](OCCCNC(=O)CCCCCCC(=O)CCCCCCC(=O)COc2ccc(-c3cccc(C)c3)cc2)OC(CO)[C@@H](O[C@@H]2OC(CO)[C@H](O)[C@H](O[C@H]3OC(CO)[C@H](O)[C@H](O)C3O)C2O)[C@@H]1O. The second-order valence-corrected chi connectivity index (χ2v) is 19.2. The Labute approximate surface area is 431 Å². The average Bonchev–Trinajstić information content (AvgIpc) is 3.38. The smallest absolute Gasteiger partial charge is 0.219 e. The number of rotatable bonds is 31. The molecule has 6 unspecified atom stereocenters. The predicted molar refractivity (Wildman–Crippen MR) is 262 cm³/mol. The molecule has 0 aliphatic carbocycles. The number of aliphatic hydroxyl groups is 9. The van der Waals surface area contributed by atoms with E-state index in [4.69, 9.17) is 33.2 Å². The lowest BCUT2D eigenvalue weighted by atomic mass is 9.95. The maximum absolute atomic E-state index is 12.5. The molecular formula is C52H78N2O20. The first-order valence-electron chi connectivity index (χ1n) is 25.7. The van der Waals surface area contributed by atoms with Crippen molar-refractivity contribution in [3.05, 3.63) is 54.1 Å². The summed E-state index contributed by atoms with van der Waals surface area (Å²) in [5, 5.41) is 99.7. The number of hydrogen-bond acceptors (Lipinski definition) is 20. The van der Waals surface area contributed by atoms with E-state index in [1.807, 2.05) is 30.3 Å². The number of nitrogens with one attached hydrogen (secondary N) is 2. The lowest BCUT2D eigenvalue weighted by Crippen LogP contribution is -2.68. The van der Waals surface area contributed by atoms with Gasteiger partial charge in [0.1, 0.15) is 91.3 Å². The van der Waals surface area contributed by atoms with Crippen molar-refractivity contribution >= 4 is 23.4 Å². The summed E-state index contributed by atoms with van der Waals surface area (Å²) in [6.07, 6.45) is -15.1. The van der Waals surface area contributed by atoms with E-state index in [9.17, 15) is 65.1 Å². The summed E-state index contributed by atoms with van der Waals surface area (Å²) in [5.41, 5.74) is 3.40. The van der Waals surface area contributed by atoms with E-state index >= 15 is 0 Å². The Morgan fingerprint density at radius 2 is 1.14 bits per heavy atom. The highest BCUT2D eigenvalue weighted by molar-refractivity contribution is 5.80. The van der Waals surface area contributed by atoms with Crippen LogP contribution in [0.4, 0.5) is 0 Å². The van der Waals surface area contributed by atoms with Crippen molar-refractivity contribution in [1.29, 1.82) is 0 Å². The quantitative estimate of drug-likeness (QED) is 0.0442. The van der Waals surface area contributed by atoms with Crippen molar-refractivity contribution in [2.75, 3.05) is 39.6 Å². The van der Waals surface area contributed by atoms with Crippen LogP contribution < -0.4 is 15.4 Å². The zero-order valence-corrected chi connectivity index (χ0v) is 42.2. The molecule has 2 aromatic carbocycles. The predicted octanol–water partition coefficient (Wildman–Crippen LogP) is -0.0248. The fourth-order valence-corrected chi connectivity index (χ4v) is 9.06. The van der Waals surface area contributed by atoms with Gasteiger partial charge in [0.2, 0.25) is 11.8 Å². The van der Waals surface area contributed by atoms with Gasteiger partial charge in [-0.25, -0.2) is 0 Å². The van der Waals surface area contributed by atoms with Gasteiger partial charge in [-0.2, -0.15) is 0 Å². The van der Waals surface area contributed by atoms with Crippen molar-refractivity contribution in [1.82, 2.24) is 10.6 Å². The summed E-state index contributed by atoms with van der Waals surface area (Å²) in [6, 6.07) is 14.7. The van der Waals surface area contributed by atoms with Crippen molar-refractivity contribution < 1.29 is 98.3 Å². The molecule has 3 aliphatic rings. The second kappa shape index (κ2) is 31.2. The van der Waals surface area contributed by atoms with Gasteiger partial charge in [0, 0.05) is 39.2 Å². The molecule has 5 rings (SSSR count). The minimum atomic E-state index is -1.96. The summed E-state index contributed by atoms with van der Waals surface area (Å²) in [5.74, 6) is 0.162. The molecule has 0 spiro atoms. The maximum Gasteiger partial charge on any atom is 0.219 e. The summed E-state index contributed by atoms with van der Waals surface area (Å²) < 4.78 is 39.9. The van der Waals surface area contributed by atoms with Crippen LogP contribution in [-0.4, -0.2) is 201 Å². The molecule has 3 aliphatic heterocycles. The lowest BCUT2D eigenvalue weighted by molar-refractivity contribution is -0.376. The third-order valence-corrected chi connectivity index (χ3v) is 13.3. The molecule has 22 heteroatoms. The number of unbranched alkanes of at least 4 members (excludes halogenated alkanes) is 6. The van der Waals surface area contributed by atoms with Gasteiger partial charge in [-0.05, 0) is 62.3 Å². The maximum atomic E-state index is 12.5. The highest BCUT2D eigenvalue weighted by atomic mass is 16.8. The molecule has 11 N–H and O–H groups in total. The second-order valence-electron chi connectivity index (χ2n) is 19.2. The zero-order valence-electron chi connectivity index (χ0n) is 42.2. The summed E-state index contributed by atoms with van der Waals surface area (Å²) in [7, 11) is 0. The number of aliphatic hydroxyl groups excluding tert-OH is 9. The molecule has 0 saturated carbocycles. The first kappa shape index (κ1) is 60.8. The van der Waals surface area contributed by atoms with E-state index in [1.54, 1.807) is 0 Å². The lowest BCUT2D eigenvalue weighted by Gasteiger charge is -2.48. The Bertz CT molecular complexity index is 2010. The van der Waals surface area contributed by atoms with Crippen molar-refractivity contribution in [3.8, 4) is 16.9 Å². The summed E-state index contributed by atoms with van der Waals surface area (Å²) in [4.78, 5) is 49.5. The topological polar surface area (TPSA) is 339 Å². The van der Waals surface area contributed by atoms with Gasteiger partial charge in [-0.1, -0.05) is 67.6 Å². The normalized spacial score (nSPS) is 30.1. The zero-order chi connectivity index (χ0) is 53.7. The number of aryl methyl sites for hydroxylation is 1. The van der Waals surface area contributed by atoms with E-state index in [-0.39, 0.29) is 37.2 Å². The summed E-state index contributed by atoms with van der Waals surface area (Å²) >= 11 is 0. The molecule has 0 bridgehead atoms. The third-order valence-electron chi connectivity index (χ3n) is 13.3. The van der Waals surface area contributed by atoms with Gasteiger partial charge in [0.25, 0.3) is 0 Å². The molecule has 2 aromatic rings. The van der Waals surface area contributed by atoms with Gasteiger partial charge >= 0.3 is 0 Å². The van der Waals surface area contributed by atoms with Crippen LogP contribution in [0.25, 0.3) is 11.1 Å².